The second-order valence-corrected chi connectivity index (χ2v) is 5.66. The number of nitrogens with one attached hydrogen (secondary N) is 1. The van der Waals surface area contributed by atoms with Gasteiger partial charge in [0.1, 0.15) is 0 Å². The molecule has 2 fully saturated rings. The van der Waals surface area contributed by atoms with Crippen LogP contribution in [0.15, 0.2) is 0 Å². The maximum absolute atomic E-state index is 12.2. The van der Waals surface area contributed by atoms with Crippen LogP contribution in [0.1, 0.15) is 19.8 Å². The van der Waals surface area contributed by atoms with Crippen molar-refractivity contribution in [1.82, 2.24) is 5.32 Å². The Morgan fingerprint density at radius 2 is 1.95 bits per heavy atom. The molecule has 2 aliphatic rings. The zero-order chi connectivity index (χ0) is 15.2. The van der Waals surface area contributed by atoms with Gasteiger partial charge in [-0.25, -0.2) is 4.79 Å². The second kappa shape index (κ2) is 4.71. The van der Waals surface area contributed by atoms with Gasteiger partial charge in [-0.05, 0) is 25.7 Å². The molecule has 1 amide bonds. The number of carboxylic acids is 2. The van der Waals surface area contributed by atoms with Gasteiger partial charge in [0.25, 0.3) is 0 Å². The first-order valence-corrected chi connectivity index (χ1v) is 6.43. The molecule has 2 aliphatic carbocycles. The highest BCUT2D eigenvalue weighted by Crippen LogP contribution is 2.61. The molecular weight excluding hydrogens is 268 g/mol. The minimum absolute atomic E-state index is 0.113. The van der Waals surface area contributed by atoms with E-state index in [0.29, 0.717) is 12.8 Å². The standard InChI is InChI=1S/C12H18N2O6/c1-4(15)8(10(18)19)14-11(20)12(13)3-2-5-6(7(5)12)9(16)17/h4-8,15H,2-3,13H2,1H3,(H,14,20)(H,16,17)(H,18,19)/t4-,5+,6+,7+,8?,12+/m1/s1. The topological polar surface area (TPSA) is 150 Å². The van der Waals surface area contributed by atoms with E-state index in [0.717, 1.165) is 0 Å². The molecule has 0 bridgehead atoms. The van der Waals surface area contributed by atoms with Gasteiger partial charge in [-0.15, -0.1) is 0 Å². The number of nitrogens with two attached hydrogens (primary N) is 1. The molecular formula is C12H18N2O6. The summed E-state index contributed by atoms with van der Waals surface area (Å²) in [7, 11) is 0. The van der Waals surface area contributed by atoms with Crippen LogP contribution in [-0.4, -0.2) is 50.9 Å². The van der Waals surface area contributed by atoms with Crippen LogP contribution in [0, 0.1) is 17.8 Å². The summed E-state index contributed by atoms with van der Waals surface area (Å²) in [6.07, 6.45) is -0.408. The summed E-state index contributed by atoms with van der Waals surface area (Å²) in [4.78, 5) is 34.1. The fourth-order valence-electron chi connectivity index (χ4n) is 3.27. The van der Waals surface area contributed by atoms with E-state index < -0.39 is 47.4 Å². The predicted molar refractivity (Wildman–Crippen MR) is 65.5 cm³/mol. The predicted octanol–water partition coefficient (Wildman–Crippen LogP) is -1.63. The highest BCUT2D eigenvalue weighted by Gasteiger charge is 2.69. The van der Waals surface area contributed by atoms with E-state index in [1.54, 1.807) is 0 Å². The molecule has 0 aromatic heterocycles. The number of hydrogen-bond donors (Lipinski definition) is 5. The van der Waals surface area contributed by atoms with Crippen LogP contribution in [0.3, 0.4) is 0 Å². The van der Waals surface area contributed by atoms with Gasteiger partial charge in [0, 0.05) is 5.92 Å². The molecule has 0 radical (unpaired) electrons. The second-order valence-electron chi connectivity index (χ2n) is 5.66. The Kier molecular flexibility index (Phi) is 3.47. The van der Waals surface area contributed by atoms with E-state index in [-0.39, 0.29) is 5.92 Å². The van der Waals surface area contributed by atoms with E-state index >= 15 is 0 Å². The SMILES string of the molecule is C[C@@H](O)C(NC(=O)[C@]1(N)CC[C@H]2[C@H](C(=O)O)[C@H]21)C(=O)O. The number of carboxylic acid groups (broad SMARTS) is 2. The third kappa shape index (κ3) is 2.14. The van der Waals surface area contributed by atoms with Crippen LogP contribution in [-0.2, 0) is 14.4 Å². The number of carbonyl (C=O) groups excluding carboxylic acids is 1. The molecule has 8 heteroatoms. The number of aliphatic carboxylic acids is 2. The van der Waals surface area contributed by atoms with E-state index in [9.17, 15) is 19.5 Å². The Bertz CT molecular complexity index is 465. The fourth-order valence-corrected chi connectivity index (χ4v) is 3.27. The average Bonchev–Trinajstić information content (AvgIpc) is 2.98. The van der Waals surface area contributed by atoms with Crippen molar-refractivity contribution in [2.45, 2.75) is 37.5 Å². The quantitative estimate of drug-likeness (QED) is 0.407. The average molecular weight is 286 g/mol. The van der Waals surface area contributed by atoms with E-state index in [2.05, 4.69) is 5.32 Å². The lowest BCUT2D eigenvalue weighted by molar-refractivity contribution is -0.146. The smallest absolute Gasteiger partial charge is 0.328 e. The van der Waals surface area contributed by atoms with Crippen LogP contribution >= 0.6 is 0 Å². The number of hydrogen-bond acceptors (Lipinski definition) is 5. The number of aliphatic hydroxyl groups excluding tert-OH is 1. The summed E-state index contributed by atoms with van der Waals surface area (Å²) in [5, 5.41) is 29.5. The maximum Gasteiger partial charge on any atom is 0.328 e. The minimum Gasteiger partial charge on any atom is -0.481 e. The van der Waals surface area contributed by atoms with Gasteiger partial charge >= 0.3 is 11.9 Å². The first kappa shape index (κ1) is 14.7. The lowest BCUT2D eigenvalue weighted by atomic mass is 9.90. The molecule has 20 heavy (non-hydrogen) atoms. The number of carbonyl (C=O) groups is 3. The van der Waals surface area contributed by atoms with Gasteiger partial charge in [0.05, 0.1) is 17.6 Å². The van der Waals surface area contributed by atoms with Gasteiger partial charge in [-0.1, -0.05) is 0 Å². The van der Waals surface area contributed by atoms with Crippen molar-refractivity contribution in [3.63, 3.8) is 0 Å². The summed E-state index contributed by atoms with van der Waals surface area (Å²) in [6, 6.07) is -1.45. The van der Waals surface area contributed by atoms with Gasteiger partial charge in [0.15, 0.2) is 6.04 Å². The van der Waals surface area contributed by atoms with Crippen molar-refractivity contribution in [2.24, 2.45) is 23.5 Å². The molecule has 0 aliphatic heterocycles. The lowest BCUT2D eigenvalue weighted by Crippen LogP contribution is -2.60. The number of amides is 1. The van der Waals surface area contributed by atoms with Crippen molar-refractivity contribution >= 4 is 17.8 Å². The normalized spacial score (nSPS) is 37.6. The minimum atomic E-state index is -1.45. The van der Waals surface area contributed by atoms with Crippen LogP contribution in [0.5, 0.6) is 0 Å². The molecule has 8 nitrogen and oxygen atoms in total. The Labute approximate surface area is 114 Å². The van der Waals surface area contributed by atoms with Gasteiger partial charge < -0.3 is 26.4 Å². The molecule has 2 saturated carbocycles. The van der Waals surface area contributed by atoms with Crippen LogP contribution in [0.4, 0.5) is 0 Å². The van der Waals surface area contributed by atoms with E-state index in [1.807, 2.05) is 0 Å². The molecule has 112 valence electrons. The molecule has 0 heterocycles. The zero-order valence-electron chi connectivity index (χ0n) is 10.9. The molecule has 6 atom stereocenters. The largest absolute Gasteiger partial charge is 0.481 e. The fraction of sp³-hybridized carbons (Fsp3) is 0.750. The third-order valence-electron chi connectivity index (χ3n) is 4.40. The summed E-state index contributed by atoms with van der Waals surface area (Å²) >= 11 is 0. The van der Waals surface area contributed by atoms with Crippen molar-refractivity contribution < 1.29 is 29.7 Å². The van der Waals surface area contributed by atoms with Crippen LogP contribution < -0.4 is 11.1 Å². The van der Waals surface area contributed by atoms with Crippen molar-refractivity contribution in [2.75, 3.05) is 0 Å². The van der Waals surface area contributed by atoms with Gasteiger partial charge in [-0.2, -0.15) is 0 Å². The summed E-state index contributed by atoms with van der Waals surface area (Å²) in [6.45, 7) is 1.25. The molecule has 1 unspecified atom stereocenters. The summed E-state index contributed by atoms with van der Waals surface area (Å²) in [5.41, 5.74) is 4.65. The molecule has 0 saturated heterocycles. The first-order valence-electron chi connectivity index (χ1n) is 6.43. The monoisotopic (exact) mass is 286 g/mol. The third-order valence-corrected chi connectivity index (χ3v) is 4.40. The van der Waals surface area contributed by atoms with Gasteiger partial charge in [-0.3, -0.25) is 9.59 Å². The maximum atomic E-state index is 12.2. The van der Waals surface area contributed by atoms with E-state index in [4.69, 9.17) is 15.9 Å². The van der Waals surface area contributed by atoms with Crippen molar-refractivity contribution in [3.8, 4) is 0 Å². The number of aliphatic hydroxyl groups is 1. The Morgan fingerprint density at radius 3 is 2.35 bits per heavy atom. The highest BCUT2D eigenvalue weighted by molar-refractivity contribution is 5.93. The Balaban J connectivity index is 2.09. The highest BCUT2D eigenvalue weighted by atomic mass is 16.4. The van der Waals surface area contributed by atoms with Crippen molar-refractivity contribution in [3.05, 3.63) is 0 Å². The van der Waals surface area contributed by atoms with Crippen molar-refractivity contribution in [1.29, 1.82) is 0 Å². The van der Waals surface area contributed by atoms with Crippen LogP contribution in [0.2, 0.25) is 0 Å². The molecule has 0 aromatic carbocycles. The van der Waals surface area contributed by atoms with E-state index in [1.165, 1.54) is 6.92 Å². The summed E-state index contributed by atoms with van der Waals surface area (Å²) in [5.74, 6) is -4.25. The molecule has 0 aromatic rings. The molecule has 6 N–H and O–H groups in total. The summed E-state index contributed by atoms with van der Waals surface area (Å²) < 4.78 is 0. The Hall–Kier alpha value is -1.67. The van der Waals surface area contributed by atoms with Crippen LogP contribution in [0.25, 0.3) is 0 Å². The Morgan fingerprint density at radius 1 is 1.35 bits per heavy atom. The number of fused-ring (bicyclic) bond motifs is 1. The molecule has 0 spiro atoms. The zero-order valence-corrected chi connectivity index (χ0v) is 10.9. The lowest BCUT2D eigenvalue weighted by Gasteiger charge is -2.28. The number of rotatable bonds is 5. The van der Waals surface area contributed by atoms with Gasteiger partial charge in [0.2, 0.25) is 5.91 Å². The molecule has 2 rings (SSSR count). The first-order chi connectivity index (χ1) is 9.20.